The second kappa shape index (κ2) is 7.97. The van der Waals surface area contributed by atoms with Crippen molar-refractivity contribution in [3.63, 3.8) is 0 Å². The van der Waals surface area contributed by atoms with Crippen molar-refractivity contribution < 1.29 is 14.3 Å². The molecule has 0 bridgehead atoms. The van der Waals surface area contributed by atoms with Crippen molar-refractivity contribution >= 4 is 38.2 Å². The van der Waals surface area contributed by atoms with Crippen LogP contribution in [0.25, 0.3) is 21.0 Å². The number of fused-ring (bicyclic) bond motifs is 3. The van der Waals surface area contributed by atoms with Gasteiger partial charge in [0.25, 0.3) is 11.5 Å². The monoisotopic (exact) mass is 408 g/mol. The number of benzene rings is 2. The number of aromatic amines is 1. The number of ether oxygens (including phenoxy) is 2. The van der Waals surface area contributed by atoms with Gasteiger partial charge in [0.05, 0.1) is 24.5 Å². The Labute approximate surface area is 171 Å². The summed E-state index contributed by atoms with van der Waals surface area (Å²) in [4.78, 5) is 28.3. The number of H-pyrrole nitrogens is 1. The van der Waals surface area contributed by atoms with Crippen LogP contribution in [0.4, 0.5) is 0 Å². The third kappa shape index (κ3) is 3.69. The van der Waals surface area contributed by atoms with E-state index in [9.17, 15) is 9.59 Å². The van der Waals surface area contributed by atoms with Gasteiger partial charge in [0, 0.05) is 22.1 Å². The quantitative estimate of drug-likeness (QED) is 0.509. The molecular formula is C22H20N2O4S. The average molecular weight is 408 g/mol. The standard InChI is InChI=1S/C22H20N2O4S/c1-27-17-8-7-13(11-18(17)28-2)9-10-23-22(26)19-12-15-20(29-19)14-5-3-4-6-16(14)24-21(15)25/h3-8,11-12H,9-10H2,1-2H3,(H,23,26)(H,24,25). The number of thiophene rings is 1. The maximum Gasteiger partial charge on any atom is 0.261 e. The number of pyridine rings is 1. The van der Waals surface area contributed by atoms with E-state index in [0.717, 1.165) is 21.2 Å². The van der Waals surface area contributed by atoms with Crippen molar-refractivity contribution in [3.8, 4) is 11.5 Å². The molecule has 0 saturated heterocycles. The molecule has 0 aliphatic heterocycles. The number of aromatic nitrogens is 1. The predicted molar refractivity (Wildman–Crippen MR) is 116 cm³/mol. The van der Waals surface area contributed by atoms with Crippen LogP contribution in [-0.4, -0.2) is 31.7 Å². The third-order valence-electron chi connectivity index (χ3n) is 4.77. The summed E-state index contributed by atoms with van der Waals surface area (Å²) in [6, 6.07) is 15.0. The molecule has 2 aromatic heterocycles. The Morgan fingerprint density at radius 3 is 2.62 bits per heavy atom. The molecular weight excluding hydrogens is 388 g/mol. The van der Waals surface area contributed by atoms with E-state index in [1.54, 1.807) is 20.3 Å². The summed E-state index contributed by atoms with van der Waals surface area (Å²) in [5.41, 5.74) is 1.62. The Balaban J connectivity index is 1.50. The van der Waals surface area contributed by atoms with Gasteiger partial charge in [0.2, 0.25) is 0 Å². The molecule has 148 valence electrons. The summed E-state index contributed by atoms with van der Waals surface area (Å²) in [6.07, 6.45) is 0.653. The van der Waals surface area contributed by atoms with Crippen LogP contribution in [0.3, 0.4) is 0 Å². The van der Waals surface area contributed by atoms with E-state index in [1.807, 2.05) is 42.5 Å². The lowest BCUT2D eigenvalue weighted by atomic mass is 10.1. The number of carbonyl (C=O) groups is 1. The molecule has 7 heteroatoms. The smallest absolute Gasteiger partial charge is 0.261 e. The zero-order valence-electron chi connectivity index (χ0n) is 16.1. The molecule has 29 heavy (non-hydrogen) atoms. The maximum absolute atomic E-state index is 12.6. The molecule has 2 aromatic carbocycles. The Morgan fingerprint density at radius 2 is 1.83 bits per heavy atom. The zero-order chi connectivity index (χ0) is 20.4. The molecule has 2 heterocycles. The molecule has 2 N–H and O–H groups in total. The number of carbonyl (C=O) groups excluding carboxylic acids is 1. The second-order valence-electron chi connectivity index (χ2n) is 6.55. The van der Waals surface area contributed by atoms with Gasteiger partial charge in [0.1, 0.15) is 0 Å². The summed E-state index contributed by atoms with van der Waals surface area (Å²) in [6.45, 7) is 0.472. The van der Waals surface area contributed by atoms with Crippen LogP contribution in [0.15, 0.2) is 53.3 Å². The Hall–Kier alpha value is -3.32. The van der Waals surface area contributed by atoms with Gasteiger partial charge in [0.15, 0.2) is 11.5 Å². The van der Waals surface area contributed by atoms with Crippen LogP contribution in [0.1, 0.15) is 15.2 Å². The summed E-state index contributed by atoms with van der Waals surface area (Å²) in [5, 5.41) is 4.41. The minimum Gasteiger partial charge on any atom is -0.493 e. The lowest BCUT2D eigenvalue weighted by Gasteiger charge is -2.10. The Morgan fingerprint density at radius 1 is 1.03 bits per heavy atom. The summed E-state index contributed by atoms with van der Waals surface area (Å²) < 4.78 is 11.4. The highest BCUT2D eigenvalue weighted by Crippen LogP contribution is 2.30. The first kappa shape index (κ1) is 19.0. The van der Waals surface area contributed by atoms with Crippen LogP contribution < -0.4 is 20.3 Å². The predicted octanol–water partition coefficient (Wildman–Crippen LogP) is 3.73. The normalized spacial score (nSPS) is 11.0. The molecule has 0 fully saturated rings. The number of methoxy groups -OCH3 is 2. The van der Waals surface area contributed by atoms with Crippen molar-refractivity contribution in [3.05, 3.63) is 69.3 Å². The highest BCUT2D eigenvalue weighted by atomic mass is 32.1. The van der Waals surface area contributed by atoms with Gasteiger partial charge in [-0.15, -0.1) is 11.3 Å². The number of hydrogen-bond donors (Lipinski definition) is 2. The van der Waals surface area contributed by atoms with E-state index in [0.29, 0.717) is 34.7 Å². The van der Waals surface area contributed by atoms with Gasteiger partial charge in [-0.1, -0.05) is 24.3 Å². The van der Waals surface area contributed by atoms with E-state index in [1.165, 1.54) is 11.3 Å². The van der Waals surface area contributed by atoms with Gasteiger partial charge >= 0.3 is 0 Å². The van der Waals surface area contributed by atoms with Gasteiger partial charge in [-0.05, 0) is 36.2 Å². The lowest BCUT2D eigenvalue weighted by Crippen LogP contribution is -2.24. The van der Waals surface area contributed by atoms with E-state index in [4.69, 9.17) is 9.47 Å². The SMILES string of the molecule is COc1ccc(CCNC(=O)c2cc3c(=O)[nH]c4ccccc4c3s2)cc1OC. The molecule has 1 amide bonds. The van der Waals surface area contributed by atoms with Crippen molar-refractivity contribution in [2.24, 2.45) is 0 Å². The zero-order valence-corrected chi connectivity index (χ0v) is 16.9. The van der Waals surface area contributed by atoms with E-state index in [2.05, 4.69) is 10.3 Å². The largest absolute Gasteiger partial charge is 0.493 e. The maximum atomic E-state index is 12.6. The molecule has 0 saturated carbocycles. The van der Waals surface area contributed by atoms with Crippen molar-refractivity contribution in [2.75, 3.05) is 20.8 Å². The van der Waals surface area contributed by atoms with Crippen LogP contribution >= 0.6 is 11.3 Å². The molecule has 4 rings (SSSR count). The van der Waals surface area contributed by atoms with Crippen molar-refractivity contribution in [2.45, 2.75) is 6.42 Å². The average Bonchev–Trinajstić information content (AvgIpc) is 3.20. The fraction of sp³-hybridized carbons (Fsp3) is 0.182. The van der Waals surface area contributed by atoms with E-state index in [-0.39, 0.29) is 11.5 Å². The number of para-hydroxylation sites is 1. The minimum atomic E-state index is -0.185. The highest BCUT2D eigenvalue weighted by molar-refractivity contribution is 7.21. The lowest BCUT2D eigenvalue weighted by molar-refractivity contribution is 0.0958. The molecule has 0 aliphatic carbocycles. The molecule has 0 spiro atoms. The summed E-state index contributed by atoms with van der Waals surface area (Å²) >= 11 is 1.34. The first-order chi connectivity index (χ1) is 14.1. The molecule has 4 aromatic rings. The second-order valence-corrected chi connectivity index (χ2v) is 7.60. The summed E-state index contributed by atoms with van der Waals surface area (Å²) in [7, 11) is 3.19. The van der Waals surface area contributed by atoms with Crippen LogP contribution in [-0.2, 0) is 6.42 Å². The fourth-order valence-corrected chi connectivity index (χ4v) is 4.41. The van der Waals surface area contributed by atoms with Crippen LogP contribution in [0, 0.1) is 0 Å². The number of amides is 1. The van der Waals surface area contributed by atoms with Gasteiger partial charge in [-0.2, -0.15) is 0 Å². The molecule has 0 unspecified atom stereocenters. The summed E-state index contributed by atoms with van der Waals surface area (Å²) in [5.74, 6) is 1.14. The molecule has 0 aliphatic rings. The first-order valence-corrected chi connectivity index (χ1v) is 9.96. The number of rotatable bonds is 6. The number of nitrogens with one attached hydrogen (secondary N) is 2. The molecule has 6 nitrogen and oxygen atoms in total. The Bertz CT molecular complexity index is 1260. The fourth-order valence-electron chi connectivity index (χ4n) is 3.30. The van der Waals surface area contributed by atoms with E-state index < -0.39 is 0 Å². The van der Waals surface area contributed by atoms with E-state index >= 15 is 0 Å². The van der Waals surface area contributed by atoms with Gasteiger partial charge in [-0.25, -0.2) is 0 Å². The van der Waals surface area contributed by atoms with Crippen molar-refractivity contribution in [1.29, 1.82) is 0 Å². The van der Waals surface area contributed by atoms with Gasteiger partial charge < -0.3 is 19.8 Å². The highest BCUT2D eigenvalue weighted by Gasteiger charge is 2.14. The van der Waals surface area contributed by atoms with Crippen molar-refractivity contribution in [1.82, 2.24) is 10.3 Å². The third-order valence-corrected chi connectivity index (χ3v) is 5.93. The molecule has 0 atom stereocenters. The van der Waals surface area contributed by atoms with Crippen LogP contribution in [0.2, 0.25) is 0 Å². The topological polar surface area (TPSA) is 80.4 Å². The molecule has 0 radical (unpaired) electrons. The first-order valence-electron chi connectivity index (χ1n) is 9.14. The Kier molecular flexibility index (Phi) is 5.22. The van der Waals surface area contributed by atoms with Gasteiger partial charge in [-0.3, -0.25) is 9.59 Å². The number of hydrogen-bond acceptors (Lipinski definition) is 5. The minimum absolute atomic E-state index is 0.181. The van der Waals surface area contributed by atoms with Crippen LogP contribution in [0.5, 0.6) is 11.5 Å².